The molecule has 196 valence electrons. The van der Waals surface area contributed by atoms with Crippen molar-refractivity contribution in [1.29, 1.82) is 0 Å². The summed E-state index contributed by atoms with van der Waals surface area (Å²) in [5.74, 6) is 1.89. The second kappa shape index (κ2) is 9.31. The van der Waals surface area contributed by atoms with Crippen LogP contribution >= 0.6 is 0 Å². The molecule has 1 atom stereocenters. The Kier molecular flexibility index (Phi) is 5.48. The summed E-state index contributed by atoms with van der Waals surface area (Å²) in [5, 5.41) is 7.47. The summed E-state index contributed by atoms with van der Waals surface area (Å²) in [7, 11) is 0. The average molecular weight is 529 g/mol. The van der Waals surface area contributed by atoms with Crippen LogP contribution in [-0.2, 0) is 6.42 Å². The van der Waals surface area contributed by atoms with Crippen LogP contribution in [0, 0.1) is 0 Å². The number of rotatable bonds is 5. The predicted molar refractivity (Wildman–Crippen MR) is 151 cm³/mol. The van der Waals surface area contributed by atoms with Crippen LogP contribution in [0.15, 0.2) is 85.5 Å². The molecule has 0 bridgehead atoms. The molecule has 1 aliphatic rings. The van der Waals surface area contributed by atoms with Gasteiger partial charge in [0.2, 0.25) is 0 Å². The fourth-order valence-corrected chi connectivity index (χ4v) is 5.19. The molecule has 0 spiro atoms. The highest BCUT2D eigenvalue weighted by molar-refractivity contribution is 5.94. The van der Waals surface area contributed by atoms with Crippen molar-refractivity contribution in [2.45, 2.75) is 18.9 Å². The molecule has 5 aromatic heterocycles. The molecule has 11 nitrogen and oxygen atoms in total. The van der Waals surface area contributed by atoms with E-state index in [1.54, 1.807) is 29.2 Å². The molecule has 0 unspecified atom stereocenters. The zero-order valence-electron chi connectivity index (χ0n) is 21.3. The number of nitrogens with two attached hydrogens (primary N) is 2. The lowest BCUT2D eigenvalue weighted by Gasteiger charge is -2.16. The molecule has 5 N–H and O–H groups in total. The van der Waals surface area contributed by atoms with Crippen molar-refractivity contribution in [3.63, 3.8) is 0 Å². The van der Waals surface area contributed by atoms with Crippen LogP contribution in [0.5, 0.6) is 0 Å². The van der Waals surface area contributed by atoms with Gasteiger partial charge in [-0.2, -0.15) is 5.10 Å². The molecule has 0 radical (unpaired) electrons. The van der Waals surface area contributed by atoms with Crippen molar-refractivity contribution in [3.05, 3.63) is 102 Å². The molecular formula is C29H24N10O. The van der Waals surface area contributed by atoms with E-state index in [2.05, 4.69) is 32.5 Å². The SMILES string of the molecule is Nc1ccc(C(=O)N[C@H]2CCc3cc(-n4c(-c5cccnc5N)nc5ccc(-n6cccn6)nc54)ccc32)cn1. The third-order valence-electron chi connectivity index (χ3n) is 7.12. The maximum Gasteiger partial charge on any atom is 0.253 e. The van der Waals surface area contributed by atoms with Gasteiger partial charge in [-0.05, 0) is 78.6 Å². The van der Waals surface area contributed by atoms with Gasteiger partial charge in [0.25, 0.3) is 5.91 Å². The topological polar surface area (TPSA) is 155 Å². The summed E-state index contributed by atoms with van der Waals surface area (Å²) in [5.41, 5.74) is 17.6. The van der Waals surface area contributed by atoms with Gasteiger partial charge < -0.3 is 16.8 Å². The lowest BCUT2D eigenvalue weighted by atomic mass is 10.1. The number of nitrogen functional groups attached to an aromatic ring is 2. The van der Waals surface area contributed by atoms with Crippen molar-refractivity contribution in [1.82, 2.24) is 39.6 Å². The number of carbonyl (C=O) groups is 1. The zero-order valence-corrected chi connectivity index (χ0v) is 21.3. The molecular weight excluding hydrogens is 504 g/mol. The predicted octanol–water partition coefficient (Wildman–Crippen LogP) is 3.64. The maximum atomic E-state index is 12.8. The van der Waals surface area contributed by atoms with Gasteiger partial charge >= 0.3 is 0 Å². The number of hydrogen-bond donors (Lipinski definition) is 3. The number of nitrogens with one attached hydrogen (secondary N) is 1. The van der Waals surface area contributed by atoms with Gasteiger partial charge in [-0.25, -0.2) is 24.6 Å². The Bertz CT molecular complexity index is 1880. The number of aromatic nitrogens is 7. The number of carbonyl (C=O) groups excluding carboxylic acids is 1. The van der Waals surface area contributed by atoms with Gasteiger partial charge in [0.05, 0.1) is 17.2 Å². The third-order valence-corrected chi connectivity index (χ3v) is 7.12. The van der Waals surface area contributed by atoms with E-state index in [9.17, 15) is 4.79 Å². The number of pyridine rings is 3. The van der Waals surface area contributed by atoms with Crippen LogP contribution in [0.1, 0.15) is 33.9 Å². The first-order valence-corrected chi connectivity index (χ1v) is 12.8. The average Bonchev–Trinajstić information content (AvgIpc) is 3.72. The van der Waals surface area contributed by atoms with E-state index in [1.807, 2.05) is 47.2 Å². The Labute approximate surface area is 228 Å². The second-order valence-corrected chi connectivity index (χ2v) is 9.59. The monoisotopic (exact) mass is 528 g/mol. The van der Waals surface area contributed by atoms with Crippen LogP contribution in [-0.4, -0.2) is 40.2 Å². The summed E-state index contributed by atoms with van der Waals surface area (Å²) in [4.78, 5) is 31.0. The quantitative estimate of drug-likeness (QED) is 0.306. The molecule has 6 aromatic rings. The van der Waals surface area contributed by atoms with Gasteiger partial charge in [-0.15, -0.1) is 0 Å². The zero-order chi connectivity index (χ0) is 27.2. The lowest BCUT2D eigenvalue weighted by Crippen LogP contribution is -2.27. The Morgan fingerprint density at radius 1 is 0.975 bits per heavy atom. The van der Waals surface area contributed by atoms with E-state index >= 15 is 0 Å². The minimum atomic E-state index is -0.181. The fourth-order valence-electron chi connectivity index (χ4n) is 5.19. The minimum Gasteiger partial charge on any atom is -0.384 e. The summed E-state index contributed by atoms with van der Waals surface area (Å²) in [6.07, 6.45) is 8.32. The van der Waals surface area contributed by atoms with E-state index in [0.717, 1.165) is 35.2 Å². The third kappa shape index (κ3) is 4.00. The number of benzene rings is 1. The molecule has 0 aliphatic heterocycles. The molecule has 0 saturated heterocycles. The van der Waals surface area contributed by atoms with E-state index in [1.165, 1.54) is 6.20 Å². The minimum absolute atomic E-state index is 0.105. The molecule has 1 aliphatic carbocycles. The summed E-state index contributed by atoms with van der Waals surface area (Å²) in [6, 6.07) is 18.8. The standard InChI is InChI=1S/C29H24N10O/c30-24-10-5-18(16-33-24)29(40)36-22-8-4-17-15-19(6-7-20(17)22)39-27(21-3-1-12-32-26(21)31)35-23-9-11-25(37-28(23)39)38-14-2-13-34-38/h1-3,5-7,9-16,22H,4,8H2,(H2,30,33)(H2,31,32)(H,36,40)/t22-/m0/s1. The number of amides is 1. The Balaban J connectivity index is 1.31. The Morgan fingerprint density at radius 2 is 1.90 bits per heavy atom. The van der Waals surface area contributed by atoms with Crippen LogP contribution in [0.25, 0.3) is 34.1 Å². The first-order chi connectivity index (χ1) is 19.5. The first kappa shape index (κ1) is 23.5. The van der Waals surface area contributed by atoms with E-state index < -0.39 is 0 Å². The van der Waals surface area contributed by atoms with Gasteiger partial charge in [0.1, 0.15) is 17.2 Å². The summed E-state index contributed by atoms with van der Waals surface area (Å²) >= 11 is 0. The van der Waals surface area contributed by atoms with Crippen molar-refractivity contribution in [2.24, 2.45) is 0 Å². The highest BCUT2D eigenvalue weighted by Gasteiger charge is 2.26. The normalized spacial score (nSPS) is 14.3. The molecule has 1 amide bonds. The fraction of sp³-hybridized carbons (Fsp3) is 0.103. The second-order valence-electron chi connectivity index (χ2n) is 9.59. The number of nitrogens with zero attached hydrogens (tertiary/aromatic N) is 7. The largest absolute Gasteiger partial charge is 0.384 e. The number of hydrogen-bond acceptors (Lipinski definition) is 8. The highest BCUT2D eigenvalue weighted by Crippen LogP contribution is 2.36. The molecule has 1 aromatic carbocycles. The van der Waals surface area contributed by atoms with Crippen molar-refractivity contribution in [2.75, 3.05) is 11.5 Å². The maximum absolute atomic E-state index is 12.8. The van der Waals surface area contributed by atoms with Gasteiger partial charge in [-0.1, -0.05) is 6.07 Å². The van der Waals surface area contributed by atoms with Crippen LogP contribution in [0.2, 0.25) is 0 Å². The lowest BCUT2D eigenvalue weighted by molar-refractivity contribution is 0.0936. The molecule has 40 heavy (non-hydrogen) atoms. The van der Waals surface area contributed by atoms with Crippen molar-refractivity contribution >= 4 is 28.7 Å². The van der Waals surface area contributed by atoms with Gasteiger partial charge in [0.15, 0.2) is 17.3 Å². The number of imidazole rings is 1. The van der Waals surface area contributed by atoms with Crippen LogP contribution < -0.4 is 16.8 Å². The Hall–Kier alpha value is -5.58. The molecule has 0 saturated carbocycles. The molecule has 11 heteroatoms. The van der Waals surface area contributed by atoms with Crippen LogP contribution in [0.4, 0.5) is 11.6 Å². The first-order valence-electron chi connectivity index (χ1n) is 12.8. The molecule has 5 heterocycles. The molecule has 0 fully saturated rings. The number of anilines is 2. The van der Waals surface area contributed by atoms with Crippen LogP contribution in [0.3, 0.4) is 0 Å². The van der Waals surface area contributed by atoms with Gasteiger partial charge in [-0.3, -0.25) is 9.36 Å². The van der Waals surface area contributed by atoms with E-state index in [4.69, 9.17) is 21.4 Å². The highest BCUT2D eigenvalue weighted by atomic mass is 16.1. The van der Waals surface area contributed by atoms with Gasteiger partial charge in [0, 0.05) is 30.5 Å². The van der Waals surface area contributed by atoms with E-state index in [0.29, 0.717) is 40.1 Å². The number of fused-ring (bicyclic) bond motifs is 2. The van der Waals surface area contributed by atoms with E-state index in [-0.39, 0.29) is 11.9 Å². The summed E-state index contributed by atoms with van der Waals surface area (Å²) < 4.78 is 3.71. The molecule has 7 rings (SSSR count). The van der Waals surface area contributed by atoms with Crippen molar-refractivity contribution < 1.29 is 4.79 Å². The summed E-state index contributed by atoms with van der Waals surface area (Å²) in [6.45, 7) is 0. The number of aryl methyl sites for hydroxylation is 1. The smallest absolute Gasteiger partial charge is 0.253 e. The van der Waals surface area contributed by atoms with Crippen molar-refractivity contribution in [3.8, 4) is 22.9 Å². The Morgan fingerprint density at radius 3 is 2.70 bits per heavy atom.